The second kappa shape index (κ2) is 6.11. The first-order chi connectivity index (χ1) is 7.13. The molecule has 2 nitrogen and oxygen atoms in total. The zero-order valence-corrected chi connectivity index (χ0v) is 10.2. The maximum absolute atomic E-state index is 5.94. The van der Waals surface area contributed by atoms with Crippen molar-refractivity contribution in [3.63, 3.8) is 0 Å². The lowest BCUT2D eigenvalue weighted by atomic mass is 10.2. The van der Waals surface area contributed by atoms with E-state index in [4.69, 9.17) is 17.3 Å². The molecule has 3 heteroatoms. The number of benzene rings is 1. The van der Waals surface area contributed by atoms with Crippen LogP contribution in [0.15, 0.2) is 24.3 Å². The van der Waals surface area contributed by atoms with Gasteiger partial charge in [-0.2, -0.15) is 0 Å². The number of nitrogens with two attached hydrogens (primary N) is 1. The van der Waals surface area contributed by atoms with Crippen molar-refractivity contribution >= 4 is 11.6 Å². The van der Waals surface area contributed by atoms with Crippen molar-refractivity contribution in [2.75, 3.05) is 13.1 Å². The van der Waals surface area contributed by atoms with E-state index < -0.39 is 0 Å². The van der Waals surface area contributed by atoms with Gasteiger partial charge in [-0.3, -0.25) is 4.90 Å². The van der Waals surface area contributed by atoms with Gasteiger partial charge >= 0.3 is 0 Å². The quantitative estimate of drug-likeness (QED) is 0.836. The van der Waals surface area contributed by atoms with Gasteiger partial charge in [0.25, 0.3) is 0 Å². The highest BCUT2D eigenvalue weighted by Crippen LogP contribution is 2.13. The first kappa shape index (κ1) is 12.5. The van der Waals surface area contributed by atoms with Gasteiger partial charge in [0.05, 0.1) is 0 Å². The van der Waals surface area contributed by atoms with E-state index in [-0.39, 0.29) is 0 Å². The number of halogens is 1. The minimum Gasteiger partial charge on any atom is -0.329 e. The van der Waals surface area contributed by atoms with Crippen molar-refractivity contribution in [3.05, 3.63) is 34.9 Å². The largest absolute Gasteiger partial charge is 0.329 e. The SMILES string of the molecule is CC(C)N(CCN)Cc1cccc(Cl)c1. The highest BCUT2D eigenvalue weighted by molar-refractivity contribution is 6.30. The van der Waals surface area contributed by atoms with Crippen molar-refractivity contribution in [3.8, 4) is 0 Å². The maximum atomic E-state index is 5.94. The lowest BCUT2D eigenvalue weighted by Crippen LogP contribution is -2.34. The summed E-state index contributed by atoms with van der Waals surface area (Å²) in [5.41, 5.74) is 6.82. The lowest BCUT2D eigenvalue weighted by Gasteiger charge is -2.25. The molecule has 0 aliphatic heterocycles. The summed E-state index contributed by atoms with van der Waals surface area (Å²) in [4.78, 5) is 2.34. The molecular formula is C12H19ClN2. The van der Waals surface area contributed by atoms with Crippen molar-refractivity contribution < 1.29 is 0 Å². The molecular weight excluding hydrogens is 208 g/mol. The second-order valence-electron chi connectivity index (χ2n) is 3.98. The highest BCUT2D eigenvalue weighted by atomic mass is 35.5. The lowest BCUT2D eigenvalue weighted by molar-refractivity contribution is 0.219. The van der Waals surface area contributed by atoms with Crippen LogP contribution in [0.5, 0.6) is 0 Å². The Morgan fingerprint density at radius 1 is 1.40 bits per heavy atom. The van der Waals surface area contributed by atoms with Crippen LogP contribution in [-0.2, 0) is 6.54 Å². The normalized spacial score (nSPS) is 11.3. The third-order valence-electron chi connectivity index (χ3n) is 2.42. The summed E-state index contributed by atoms with van der Waals surface area (Å²) in [6.07, 6.45) is 0. The molecule has 0 amide bonds. The summed E-state index contributed by atoms with van der Waals surface area (Å²) in [6.45, 7) is 6.89. The van der Waals surface area contributed by atoms with E-state index in [0.29, 0.717) is 12.6 Å². The summed E-state index contributed by atoms with van der Waals surface area (Å²) in [5, 5.41) is 0.795. The fraction of sp³-hybridized carbons (Fsp3) is 0.500. The molecule has 0 saturated carbocycles. The number of hydrogen-bond donors (Lipinski definition) is 1. The van der Waals surface area contributed by atoms with Crippen LogP contribution in [-0.4, -0.2) is 24.0 Å². The van der Waals surface area contributed by atoms with Crippen LogP contribution in [0.2, 0.25) is 5.02 Å². The summed E-state index contributed by atoms with van der Waals surface area (Å²) in [6, 6.07) is 8.49. The van der Waals surface area contributed by atoms with Crippen molar-refractivity contribution in [2.24, 2.45) is 5.73 Å². The summed E-state index contributed by atoms with van der Waals surface area (Å²) in [5.74, 6) is 0. The van der Waals surface area contributed by atoms with Crippen LogP contribution in [0.3, 0.4) is 0 Å². The Hall–Kier alpha value is -0.570. The average Bonchev–Trinajstić information content (AvgIpc) is 2.17. The van der Waals surface area contributed by atoms with Crippen molar-refractivity contribution in [2.45, 2.75) is 26.4 Å². The molecule has 1 aromatic rings. The molecule has 0 radical (unpaired) electrons. The Bertz CT molecular complexity index is 299. The first-order valence-corrected chi connectivity index (χ1v) is 5.70. The molecule has 0 saturated heterocycles. The minimum atomic E-state index is 0.507. The second-order valence-corrected chi connectivity index (χ2v) is 4.42. The summed E-state index contributed by atoms with van der Waals surface area (Å²) < 4.78 is 0. The van der Waals surface area contributed by atoms with Crippen molar-refractivity contribution in [1.82, 2.24) is 4.90 Å². The molecule has 0 spiro atoms. The molecule has 0 unspecified atom stereocenters. The van der Waals surface area contributed by atoms with Crippen LogP contribution in [0.4, 0.5) is 0 Å². The maximum Gasteiger partial charge on any atom is 0.0409 e. The molecule has 2 N–H and O–H groups in total. The number of hydrogen-bond acceptors (Lipinski definition) is 2. The van der Waals surface area contributed by atoms with E-state index in [0.717, 1.165) is 18.1 Å². The fourth-order valence-corrected chi connectivity index (χ4v) is 1.77. The van der Waals surface area contributed by atoms with Gasteiger partial charge in [-0.15, -0.1) is 0 Å². The van der Waals surface area contributed by atoms with Crippen LogP contribution in [0.1, 0.15) is 19.4 Å². The third-order valence-corrected chi connectivity index (χ3v) is 2.66. The van der Waals surface area contributed by atoms with Gasteiger partial charge in [-0.1, -0.05) is 23.7 Å². The Morgan fingerprint density at radius 3 is 2.67 bits per heavy atom. The van der Waals surface area contributed by atoms with Crippen molar-refractivity contribution in [1.29, 1.82) is 0 Å². The van der Waals surface area contributed by atoms with Gasteiger partial charge < -0.3 is 5.73 Å². The average molecular weight is 227 g/mol. The zero-order chi connectivity index (χ0) is 11.3. The summed E-state index contributed by atoms with van der Waals surface area (Å²) in [7, 11) is 0. The van der Waals surface area contributed by atoms with Crippen LogP contribution in [0, 0.1) is 0 Å². The minimum absolute atomic E-state index is 0.507. The summed E-state index contributed by atoms with van der Waals surface area (Å²) >= 11 is 5.94. The molecule has 0 fully saturated rings. The fourth-order valence-electron chi connectivity index (χ4n) is 1.56. The van der Waals surface area contributed by atoms with E-state index in [2.05, 4.69) is 24.8 Å². The molecule has 0 aliphatic carbocycles. The smallest absolute Gasteiger partial charge is 0.0409 e. The van der Waals surface area contributed by atoms with E-state index in [1.165, 1.54) is 5.56 Å². The highest BCUT2D eigenvalue weighted by Gasteiger charge is 2.08. The first-order valence-electron chi connectivity index (χ1n) is 5.32. The zero-order valence-electron chi connectivity index (χ0n) is 9.41. The molecule has 0 heterocycles. The molecule has 84 valence electrons. The Kier molecular flexibility index (Phi) is 5.09. The van der Waals surface area contributed by atoms with Gasteiger partial charge in [-0.25, -0.2) is 0 Å². The molecule has 1 rings (SSSR count). The Labute approximate surface area is 97.0 Å². The van der Waals surface area contributed by atoms with E-state index in [1.807, 2.05) is 18.2 Å². The van der Waals surface area contributed by atoms with Crippen LogP contribution >= 0.6 is 11.6 Å². The molecule has 0 aliphatic rings. The van der Waals surface area contributed by atoms with Gasteiger partial charge in [0, 0.05) is 30.7 Å². The Balaban J connectivity index is 2.65. The van der Waals surface area contributed by atoms with E-state index in [1.54, 1.807) is 0 Å². The van der Waals surface area contributed by atoms with Gasteiger partial charge in [-0.05, 0) is 31.5 Å². The standard InChI is InChI=1S/C12H19ClN2/c1-10(2)15(7-6-14)9-11-4-3-5-12(13)8-11/h3-5,8,10H,6-7,9,14H2,1-2H3. The van der Waals surface area contributed by atoms with Crippen LogP contribution < -0.4 is 5.73 Å². The Morgan fingerprint density at radius 2 is 2.13 bits per heavy atom. The molecule has 0 aromatic heterocycles. The third kappa shape index (κ3) is 4.20. The molecule has 0 atom stereocenters. The molecule has 15 heavy (non-hydrogen) atoms. The van der Waals surface area contributed by atoms with Crippen LogP contribution in [0.25, 0.3) is 0 Å². The van der Waals surface area contributed by atoms with E-state index in [9.17, 15) is 0 Å². The van der Waals surface area contributed by atoms with Gasteiger partial charge in [0.2, 0.25) is 0 Å². The number of nitrogens with zero attached hydrogens (tertiary/aromatic N) is 1. The predicted molar refractivity (Wildman–Crippen MR) is 66.1 cm³/mol. The van der Waals surface area contributed by atoms with Gasteiger partial charge in [0.1, 0.15) is 0 Å². The monoisotopic (exact) mass is 226 g/mol. The predicted octanol–water partition coefficient (Wildman–Crippen LogP) is 2.51. The van der Waals surface area contributed by atoms with Gasteiger partial charge in [0.15, 0.2) is 0 Å². The molecule has 1 aromatic carbocycles. The topological polar surface area (TPSA) is 29.3 Å². The molecule has 0 bridgehead atoms. The number of rotatable bonds is 5. The van der Waals surface area contributed by atoms with E-state index >= 15 is 0 Å².